The second kappa shape index (κ2) is 4.37. The van der Waals surface area contributed by atoms with Crippen LogP contribution in [0.3, 0.4) is 0 Å². The van der Waals surface area contributed by atoms with E-state index in [4.69, 9.17) is 5.11 Å². The fourth-order valence-corrected chi connectivity index (χ4v) is 1.49. The summed E-state index contributed by atoms with van der Waals surface area (Å²) in [5.41, 5.74) is -0.188. The fourth-order valence-electron chi connectivity index (χ4n) is 1.49. The molecule has 1 unspecified atom stereocenters. The first kappa shape index (κ1) is 12.5. The molecule has 0 bridgehead atoms. The van der Waals surface area contributed by atoms with Crippen molar-refractivity contribution in [1.29, 1.82) is 0 Å². The molecule has 1 aromatic carbocycles. The van der Waals surface area contributed by atoms with E-state index >= 15 is 0 Å². The van der Waals surface area contributed by atoms with Crippen molar-refractivity contribution >= 4 is 11.9 Å². The lowest BCUT2D eigenvalue weighted by Crippen LogP contribution is -2.50. The standard InChI is InChI=1S/C11H10O7/c12-5-8(13)11(16)17-9(14)6-3-1-2-4-7(6)10(15)18-11/h1-4,8,12-13,16H,5H2. The predicted molar refractivity (Wildman–Crippen MR) is 55.3 cm³/mol. The minimum atomic E-state index is -2.90. The Morgan fingerprint density at radius 2 is 1.56 bits per heavy atom. The van der Waals surface area contributed by atoms with Crippen molar-refractivity contribution in [3.05, 3.63) is 35.4 Å². The Labute approximate surface area is 101 Å². The van der Waals surface area contributed by atoms with Gasteiger partial charge in [0.15, 0.2) is 6.10 Å². The van der Waals surface area contributed by atoms with Gasteiger partial charge in [0.2, 0.25) is 0 Å². The largest absolute Gasteiger partial charge is 0.403 e. The third kappa shape index (κ3) is 1.94. The summed E-state index contributed by atoms with van der Waals surface area (Å²) in [6.45, 7) is -0.951. The van der Waals surface area contributed by atoms with Crippen LogP contribution in [0.1, 0.15) is 20.7 Å². The molecule has 1 aliphatic heterocycles. The second-order valence-electron chi connectivity index (χ2n) is 3.65. The molecule has 2 rings (SSSR count). The lowest BCUT2D eigenvalue weighted by molar-refractivity contribution is -0.348. The van der Waals surface area contributed by atoms with Gasteiger partial charge < -0.3 is 24.8 Å². The molecule has 0 spiro atoms. The summed E-state index contributed by atoms with van der Waals surface area (Å²) >= 11 is 0. The number of hydrogen-bond acceptors (Lipinski definition) is 7. The molecule has 1 heterocycles. The van der Waals surface area contributed by atoms with Crippen LogP contribution in [0.15, 0.2) is 24.3 Å². The molecule has 1 atom stereocenters. The van der Waals surface area contributed by atoms with E-state index in [0.29, 0.717) is 0 Å². The monoisotopic (exact) mass is 254 g/mol. The highest BCUT2D eigenvalue weighted by Crippen LogP contribution is 2.25. The van der Waals surface area contributed by atoms with Gasteiger partial charge in [0.1, 0.15) is 0 Å². The first-order chi connectivity index (χ1) is 8.48. The van der Waals surface area contributed by atoms with Gasteiger partial charge in [-0.25, -0.2) is 9.59 Å². The van der Waals surface area contributed by atoms with E-state index < -0.39 is 30.6 Å². The van der Waals surface area contributed by atoms with Gasteiger partial charge >= 0.3 is 17.9 Å². The van der Waals surface area contributed by atoms with E-state index in [-0.39, 0.29) is 11.1 Å². The maximum absolute atomic E-state index is 11.7. The van der Waals surface area contributed by atoms with Gasteiger partial charge in [-0.3, -0.25) is 0 Å². The minimum Gasteiger partial charge on any atom is -0.393 e. The summed E-state index contributed by atoms with van der Waals surface area (Å²) in [7, 11) is 0. The van der Waals surface area contributed by atoms with E-state index in [1.807, 2.05) is 0 Å². The second-order valence-corrected chi connectivity index (χ2v) is 3.65. The van der Waals surface area contributed by atoms with Crippen LogP contribution in [0.2, 0.25) is 0 Å². The number of esters is 2. The molecular weight excluding hydrogens is 244 g/mol. The Morgan fingerprint density at radius 1 is 1.11 bits per heavy atom. The van der Waals surface area contributed by atoms with E-state index in [2.05, 4.69) is 9.47 Å². The Hall–Kier alpha value is -1.96. The van der Waals surface area contributed by atoms with E-state index in [9.17, 15) is 19.8 Å². The molecule has 0 saturated heterocycles. The van der Waals surface area contributed by atoms with Crippen LogP contribution in [0.5, 0.6) is 0 Å². The molecule has 0 fully saturated rings. The van der Waals surface area contributed by atoms with E-state index in [0.717, 1.165) is 0 Å². The molecule has 7 heteroatoms. The molecule has 0 radical (unpaired) electrons. The van der Waals surface area contributed by atoms with Crippen molar-refractivity contribution in [1.82, 2.24) is 0 Å². The van der Waals surface area contributed by atoms with E-state index in [1.165, 1.54) is 24.3 Å². The molecular formula is C11H10O7. The van der Waals surface area contributed by atoms with Crippen molar-refractivity contribution < 1.29 is 34.4 Å². The van der Waals surface area contributed by atoms with Crippen LogP contribution in [0.4, 0.5) is 0 Å². The zero-order valence-corrected chi connectivity index (χ0v) is 9.07. The molecule has 0 amide bonds. The lowest BCUT2D eigenvalue weighted by atomic mass is 10.1. The molecule has 0 aromatic heterocycles. The normalized spacial score (nSPS) is 19.3. The van der Waals surface area contributed by atoms with Crippen LogP contribution in [-0.4, -0.2) is 45.9 Å². The summed E-state index contributed by atoms with van der Waals surface area (Å²) in [5.74, 6) is -4.97. The smallest absolute Gasteiger partial charge is 0.393 e. The maximum atomic E-state index is 11.7. The quantitative estimate of drug-likeness (QED) is 0.581. The topological polar surface area (TPSA) is 113 Å². The van der Waals surface area contributed by atoms with Crippen molar-refractivity contribution in [2.45, 2.75) is 12.1 Å². The molecule has 1 aromatic rings. The number of benzene rings is 1. The zero-order valence-electron chi connectivity index (χ0n) is 9.07. The summed E-state index contributed by atoms with van der Waals surface area (Å²) in [6.07, 6.45) is -1.96. The van der Waals surface area contributed by atoms with Gasteiger partial charge in [0.05, 0.1) is 17.7 Å². The summed E-state index contributed by atoms with van der Waals surface area (Å²) in [4.78, 5) is 23.4. The highest BCUT2D eigenvalue weighted by Gasteiger charge is 2.47. The van der Waals surface area contributed by atoms with Gasteiger partial charge in [-0.1, -0.05) is 12.1 Å². The molecule has 96 valence electrons. The Bertz CT molecular complexity index is 459. The number of aliphatic hydroxyl groups is 3. The van der Waals surface area contributed by atoms with Crippen LogP contribution in [-0.2, 0) is 9.47 Å². The SMILES string of the molecule is O=C1OC(O)(C(O)CO)OC(=O)c2ccccc21. The van der Waals surface area contributed by atoms with Crippen LogP contribution >= 0.6 is 0 Å². The van der Waals surface area contributed by atoms with Crippen molar-refractivity contribution in [2.75, 3.05) is 6.61 Å². The molecule has 1 aliphatic rings. The highest BCUT2D eigenvalue weighted by atomic mass is 16.9. The highest BCUT2D eigenvalue weighted by molar-refractivity contribution is 6.04. The molecule has 0 saturated carbocycles. The number of aliphatic hydroxyl groups excluding tert-OH is 2. The molecule has 3 N–H and O–H groups in total. The molecule has 0 aliphatic carbocycles. The van der Waals surface area contributed by atoms with Gasteiger partial charge in [0.25, 0.3) is 0 Å². The number of ether oxygens (including phenoxy) is 2. The number of cyclic esters (lactones) is 2. The van der Waals surface area contributed by atoms with Crippen molar-refractivity contribution in [3.63, 3.8) is 0 Å². The third-order valence-electron chi connectivity index (χ3n) is 2.44. The lowest BCUT2D eigenvalue weighted by Gasteiger charge is -2.27. The van der Waals surface area contributed by atoms with Crippen LogP contribution in [0, 0.1) is 0 Å². The average Bonchev–Trinajstić information content (AvgIpc) is 2.46. The predicted octanol–water partition coefficient (Wildman–Crippen LogP) is -0.987. The number of carbonyl (C=O) groups excluding carboxylic acids is 2. The molecule has 18 heavy (non-hydrogen) atoms. The zero-order chi connectivity index (χ0) is 13.3. The Kier molecular flexibility index (Phi) is 3.04. The van der Waals surface area contributed by atoms with Gasteiger partial charge in [0, 0.05) is 0 Å². The van der Waals surface area contributed by atoms with Crippen molar-refractivity contribution in [3.8, 4) is 0 Å². The van der Waals surface area contributed by atoms with E-state index in [1.54, 1.807) is 0 Å². The molecule has 7 nitrogen and oxygen atoms in total. The van der Waals surface area contributed by atoms with Gasteiger partial charge in [-0.05, 0) is 12.1 Å². The summed E-state index contributed by atoms with van der Waals surface area (Å²) in [5, 5.41) is 27.8. The number of hydrogen-bond donors (Lipinski definition) is 3. The van der Waals surface area contributed by atoms with Crippen LogP contribution < -0.4 is 0 Å². The average molecular weight is 254 g/mol. The van der Waals surface area contributed by atoms with Crippen LogP contribution in [0.25, 0.3) is 0 Å². The fraction of sp³-hybridized carbons (Fsp3) is 0.273. The number of carbonyl (C=O) groups is 2. The number of rotatable bonds is 2. The Morgan fingerprint density at radius 3 is 1.94 bits per heavy atom. The van der Waals surface area contributed by atoms with Crippen molar-refractivity contribution in [2.24, 2.45) is 0 Å². The first-order valence-corrected chi connectivity index (χ1v) is 5.05. The minimum absolute atomic E-state index is 0.0939. The third-order valence-corrected chi connectivity index (χ3v) is 2.44. The number of fused-ring (bicyclic) bond motifs is 1. The summed E-state index contributed by atoms with van der Waals surface area (Å²) in [6, 6.07) is 5.63. The maximum Gasteiger partial charge on any atom is 0.403 e. The first-order valence-electron chi connectivity index (χ1n) is 5.05. The summed E-state index contributed by atoms with van der Waals surface area (Å²) < 4.78 is 9.02. The van der Waals surface area contributed by atoms with Gasteiger partial charge in [-0.2, -0.15) is 0 Å². The van der Waals surface area contributed by atoms with Gasteiger partial charge in [-0.15, -0.1) is 0 Å². The Balaban J connectivity index is 2.45.